The first kappa shape index (κ1) is 16.6. The van der Waals surface area contributed by atoms with E-state index in [1.165, 1.54) is 0 Å². The van der Waals surface area contributed by atoms with Crippen LogP contribution in [-0.4, -0.2) is 43.5 Å². The lowest BCUT2D eigenvalue weighted by Gasteiger charge is -2.32. The van der Waals surface area contributed by atoms with Crippen LogP contribution in [-0.2, 0) is 4.79 Å². The predicted octanol–water partition coefficient (Wildman–Crippen LogP) is 1.82. The van der Waals surface area contributed by atoms with Gasteiger partial charge >= 0.3 is 0 Å². The molecule has 0 aromatic heterocycles. The van der Waals surface area contributed by atoms with Crippen molar-refractivity contribution in [2.45, 2.75) is 39.7 Å². The molecule has 5 nitrogen and oxygen atoms in total. The van der Waals surface area contributed by atoms with Gasteiger partial charge in [-0.25, -0.2) is 0 Å². The highest BCUT2D eigenvalue weighted by molar-refractivity contribution is 5.82. The van der Waals surface area contributed by atoms with Crippen LogP contribution in [0.15, 0.2) is 6.07 Å². The second kappa shape index (κ2) is 7.01. The van der Waals surface area contributed by atoms with Crippen LogP contribution in [0.4, 0.5) is 11.4 Å². The van der Waals surface area contributed by atoms with E-state index in [2.05, 4.69) is 16.7 Å². The van der Waals surface area contributed by atoms with Crippen LogP contribution in [0.2, 0.25) is 0 Å². The summed E-state index contributed by atoms with van der Waals surface area (Å²) in [5.74, 6) is 0.129. The van der Waals surface area contributed by atoms with Crippen molar-refractivity contribution in [2.24, 2.45) is 0 Å². The number of amides is 1. The molecule has 1 aliphatic rings. The Balaban J connectivity index is 2.00. The highest BCUT2D eigenvalue weighted by Gasteiger charge is 2.21. The third-order valence-electron chi connectivity index (χ3n) is 4.70. The fraction of sp³-hybridized carbons (Fsp3) is 0.588. The molecule has 1 amide bonds. The van der Waals surface area contributed by atoms with Crippen LogP contribution >= 0.6 is 0 Å². The smallest absolute Gasteiger partial charge is 0.241 e. The third kappa shape index (κ3) is 3.53. The summed E-state index contributed by atoms with van der Waals surface area (Å²) in [6.45, 7) is 8.34. The van der Waals surface area contributed by atoms with E-state index < -0.39 is 0 Å². The van der Waals surface area contributed by atoms with Crippen molar-refractivity contribution in [1.82, 2.24) is 10.2 Å². The Hall–Kier alpha value is -1.75. The number of hydrogen-bond acceptors (Lipinski definition) is 4. The molecule has 0 bridgehead atoms. The van der Waals surface area contributed by atoms with E-state index in [-0.39, 0.29) is 5.91 Å². The lowest BCUT2D eigenvalue weighted by atomic mass is 10.0. The fourth-order valence-electron chi connectivity index (χ4n) is 3.16. The predicted molar refractivity (Wildman–Crippen MR) is 92.2 cm³/mol. The van der Waals surface area contributed by atoms with E-state index in [4.69, 9.17) is 5.73 Å². The molecule has 22 heavy (non-hydrogen) atoms. The maximum atomic E-state index is 12.4. The SMILES string of the molecule is Cc1cc(C)c(NCC(=O)N(C)C2CCNCC2)c(C)c1N. The van der Waals surface area contributed by atoms with E-state index in [9.17, 15) is 4.79 Å². The number of nitrogen functional groups attached to an aromatic ring is 1. The average Bonchev–Trinajstić information content (AvgIpc) is 2.52. The van der Waals surface area contributed by atoms with E-state index in [0.29, 0.717) is 12.6 Å². The van der Waals surface area contributed by atoms with Crippen LogP contribution in [0.5, 0.6) is 0 Å². The number of carbonyl (C=O) groups is 1. The van der Waals surface area contributed by atoms with Crippen molar-refractivity contribution in [1.29, 1.82) is 0 Å². The highest BCUT2D eigenvalue weighted by Crippen LogP contribution is 2.28. The van der Waals surface area contributed by atoms with Gasteiger partial charge in [-0.05, 0) is 63.4 Å². The van der Waals surface area contributed by atoms with Gasteiger partial charge in [-0.3, -0.25) is 4.79 Å². The third-order valence-corrected chi connectivity index (χ3v) is 4.70. The summed E-state index contributed by atoms with van der Waals surface area (Å²) in [5.41, 5.74) is 11.1. The average molecular weight is 304 g/mol. The van der Waals surface area contributed by atoms with E-state index >= 15 is 0 Å². The molecular formula is C17H28N4O. The maximum absolute atomic E-state index is 12.4. The number of hydrogen-bond donors (Lipinski definition) is 3. The largest absolute Gasteiger partial charge is 0.398 e. The van der Waals surface area contributed by atoms with Gasteiger partial charge < -0.3 is 21.3 Å². The zero-order chi connectivity index (χ0) is 16.3. The minimum Gasteiger partial charge on any atom is -0.398 e. The van der Waals surface area contributed by atoms with Crippen molar-refractivity contribution >= 4 is 17.3 Å². The number of piperidine rings is 1. The van der Waals surface area contributed by atoms with Crippen LogP contribution in [0.3, 0.4) is 0 Å². The molecule has 0 radical (unpaired) electrons. The molecule has 1 aliphatic heterocycles. The van der Waals surface area contributed by atoms with Crippen molar-refractivity contribution < 1.29 is 4.79 Å². The minimum absolute atomic E-state index is 0.129. The summed E-state index contributed by atoms with van der Waals surface area (Å²) in [6, 6.07) is 2.41. The minimum atomic E-state index is 0.129. The molecule has 2 rings (SSSR count). The van der Waals surface area contributed by atoms with Crippen molar-refractivity contribution in [3.63, 3.8) is 0 Å². The first-order valence-electron chi connectivity index (χ1n) is 7.98. The number of nitrogens with two attached hydrogens (primary N) is 1. The fourth-order valence-corrected chi connectivity index (χ4v) is 3.16. The molecule has 0 atom stereocenters. The summed E-state index contributed by atoms with van der Waals surface area (Å²) in [5, 5.41) is 6.61. The number of nitrogens with one attached hydrogen (secondary N) is 2. The molecule has 1 aromatic rings. The number of benzene rings is 1. The second-order valence-electron chi connectivity index (χ2n) is 6.26. The molecule has 0 aliphatic carbocycles. The van der Waals surface area contributed by atoms with E-state index in [1.807, 2.05) is 32.7 Å². The first-order chi connectivity index (χ1) is 10.4. The monoisotopic (exact) mass is 304 g/mol. The van der Waals surface area contributed by atoms with E-state index in [0.717, 1.165) is 54.0 Å². The van der Waals surface area contributed by atoms with E-state index in [1.54, 1.807) is 0 Å². The molecule has 5 heteroatoms. The van der Waals surface area contributed by atoms with Gasteiger partial charge in [0.2, 0.25) is 5.91 Å². The number of carbonyl (C=O) groups excluding carboxylic acids is 1. The zero-order valence-corrected chi connectivity index (χ0v) is 14.1. The van der Waals surface area contributed by atoms with Crippen molar-refractivity contribution in [3.05, 3.63) is 22.8 Å². The summed E-state index contributed by atoms with van der Waals surface area (Å²) in [4.78, 5) is 14.3. The van der Waals surface area contributed by atoms with Crippen molar-refractivity contribution in [3.8, 4) is 0 Å². The van der Waals surface area contributed by atoms with Gasteiger partial charge in [0, 0.05) is 24.5 Å². The quantitative estimate of drug-likeness (QED) is 0.742. The summed E-state index contributed by atoms with van der Waals surface area (Å²) in [6.07, 6.45) is 2.05. The lowest BCUT2D eigenvalue weighted by molar-refractivity contribution is -0.130. The second-order valence-corrected chi connectivity index (χ2v) is 6.26. The molecule has 0 saturated carbocycles. The summed E-state index contributed by atoms with van der Waals surface area (Å²) in [7, 11) is 1.91. The lowest BCUT2D eigenvalue weighted by Crippen LogP contribution is -2.45. The molecule has 122 valence electrons. The molecule has 1 aromatic carbocycles. The standard InChI is InChI=1S/C17H28N4O/c1-11-9-12(2)17(13(3)16(11)18)20-10-15(22)21(4)14-5-7-19-8-6-14/h9,14,19-20H,5-8,10,18H2,1-4H3. The number of rotatable bonds is 4. The Morgan fingerprint density at radius 1 is 1.32 bits per heavy atom. The summed E-state index contributed by atoms with van der Waals surface area (Å²) < 4.78 is 0. The van der Waals surface area contributed by atoms with Crippen LogP contribution in [0.1, 0.15) is 29.5 Å². The normalized spacial score (nSPS) is 15.6. The molecule has 4 N–H and O–H groups in total. The first-order valence-corrected chi connectivity index (χ1v) is 7.98. The number of anilines is 2. The zero-order valence-electron chi connectivity index (χ0n) is 14.1. The number of aryl methyl sites for hydroxylation is 2. The topological polar surface area (TPSA) is 70.4 Å². The maximum Gasteiger partial charge on any atom is 0.241 e. The van der Waals surface area contributed by atoms with Gasteiger partial charge in [-0.15, -0.1) is 0 Å². The molecule has 1 heterocycles. The van der Waals surface area contributed by atoms with Gasteiger partial charge in [-0.2, -0.15) is 0 Å². The Morgan fingerprint density at radius 2 is 1.95 bits per heavy atom. The molecule has 1 fully saturated rings. The number of nitrogens with zero attached hydrogens (tertiary/aromatic N) is 1. The Kier molecular flexibility index (Phi) is 5.29. The molecule has 0 spiro atoms. The summed E-state index contributed by atoms with van der Waals surface area (Å²) >= 11 is 0. The van der Waals surface area contributed by atoms with Crippen LogP contribution in [0.25, 0.3) is 0 Å². The van der Waals surface area contributed by atoms with Crippen molar-refractivity contribution in [2.75, 3.05) is 37.7 Å². The Bertz CT molecular complexity index is 550. The van der Waals surface area contributed by atoms with Gasteiger partial charge in [0.15, 0.2) is 0 Å². The van der Waals surface area contributed by atoms with Crippen LogP contribution in [0, 0.1) is 20.8 Å². The highest BCUT2D eigenvalue weighted by atomic mass is 16.2. The van der Waals surface area contributed by atoms with Gasteiger partial charge in [0.1, 0.15) is 0 Å². The van der Waals surface area contributed by atoms with Gasteiger partial charge in [0.05, 0.1) is 6.54 Å². The number of likely N-dealkylation sites (N-methyl/N-ethyl adjacent to an activating group) is 1. The Morgan fingerprint density at radius 3 is 2.59 bits per heavy atom. The van der Waals surface area contributed by atoms with Crippen LogP contribution < -0.4 is 16.4 Å². The van der Waals surface area contributed by atoms with Gasteiger partial charge in [-0.1, -0.05) is 6.07 Å². The molecule has 1 saturated heterocycles. The molecule has 0 unspecified atom stereocenters. The Labute approximate surface area is 133 Å². The molecular weight excluding hydrogens is 276 g/mol. The van der Waals surface area contributed by atoms with Gasteiger partial charge in [0.25, 0.3) is 0 Å².